The number of carbonyl (C=O) groups is 1. The maximum absolute atomic E-state index is 8.94. The highest BCUT2D eigenvalue weighted by molar-refractivity contribution is 9.10. The number of hydrazine groups is 1. The monoisotopic (exact) mass is 375 g/mol. The van der Waals surface area contributed by atoms with Crippen LogP contribution < -0.4 is 16.6 Å². The van der Waals surface area contributed by atoms with E-state index in [1.54, 1.807) is 5.43 Å². The second-order valence-electron chi connectivity index (χ2n) is 4.62. The minimum atomic E-state index is 0.403. The largest absolute Gasteiger partial charge is 0.388 e. The lowest BCUT2D eigenvalue weighted by Gasteiger charge is -2.10. The van der Waals surface area contributed by atoms with Crippen LogP contribution in [0.25, 0.3) is 12.2 Å². The molecule has 23 heavy (non-hydrogen) atoms. The molecule has 2 aromatic carbocycles. The minimum absolute atomic E-state index is 0.403. The average Bonchev–Trinajstić information content (AvgIpc) is 2.60. The Balaban J connectivity index is 0.000000593. The number of benzene rings is 2. The van der Waals surface area contributed by atoms with Gasteiger partial charge in [-0.1, -0.05) is 65.3 Å². The third-order valence-electron chi connectivity index (χ3n) is 3.25. The van der Waals surface area contributed by atoms with E-state index >= 15 is 0 Å². The van der Waals surface area contributed by atoms with Crippen LogP contribution in [0.2, 0.25) is 0 Å². The summed E-state index contributed by atoms with van der Waals surface area (Å²) in [6.45, 7) is 2.19. The predicted molar refractivity (Wildman–Crippen MR) is 102 cm³/mol. The van der Waals surface area contributed by atoms with Gasteiger partial charge in [0.25, 0.3) is 0 Å². The SMILES string of the molecule is CCc1cccc(NC)c1/C=C/c1ccccc1Br.NNC=O. The van der Waals surface area contributed by atoms with Crippen LogP contribution in [0.4, 0.5) is 5.69 Å². The molecule has 4 N–H and O–H groups in total. The first kappa shape index (κ1) is 18.9. The zero-order valence-corrected chi connectivity index (χ0v) is 14.9. The Kier molecular flexibility index (Phi) is 8.72. The number of aryl methyl sites for hydroxylation is 1. The van der Waals surface area contributed by atoms with Gasteiger partial charge in [0.15, 0.2) is 0 Å². The van der Waals surface area contributed by atoms with Gasteiger partial charge in [-0.3, -0.25) is 10.2 Å². The number of nitrogens with one attached hydrogen (secondary N) is 2. The molecule has 122 valence electrons. The quantitative estimate of drug-likeness (QED) is 0.244. The topological polar surface area (TPSA) is 67.2 Å². The van der Waals surface area contributed by atoms with Crippen molar-refractivity contribution in [3.05, 3.63) is 63.6 Å². The van der Waals surface area contributed by atoms with Crippen molar-refractivity contribution in [3.63, 3.8) is 0 Å². The summed E-state index contributed by atoms with van der Waals surface area (Å²) in [5.41, 5.74) is 6.73. The van der Waals surface area contributed by atoms with Crippen LogP contribution in [0.3, 0.4) is 0 Å². The Bertz CT molecular complexity index is 634. The molecule has 0 aliphatic rings. The number of carbonyl (C=O) groups excluding carboxylic acids is 1. The van der Waals surface area contributed by atoms with Gasteiger partial charge in [0.05, 0.1) is 0 Å². The second-order valence-corrected chi connectivity index (χ2v) is 5.48. The first-order valence-electron chi connectivity index (χ1n) is 7.29. The van der Waals surface area contributed by atoms with Crippen molar-refractivity contribution in [2.24, 2.45) is 5.84 Å². The molecule has 0 aliphatic heterocycles. The van der Waals surface area contributed by atoms with E-state index in [4.69, 9.17) is 4.79 Å². The summed E-state index contributed by atoms with van der Waals surface area (Å²) in [7, 11) is 1.96. The van der Waals surface area contributed by atoms with Crippen molar-refractivity contribution in [3.8, 4) is 0 Å². The Morgan fingerprint density at radius 2 is 1.83 bits per heavy atom. The maximum atomic E-state index is 8.94. The third-order valence-corrected chi connectivity index (χ3v) is 3.97. The molecular formula is C18H22BrN3O. The first-order valence-corrected chi connectivity index (χ1v) is 8.09. The molecule has 0 aliphatic carbocycles. The zero-order chi connectivity index (χ0) is 17.1. The molecule has 0 saturated carbocycles. The summed E-state index contributed by atoms with van der Waals surface area (Å²) in [5, 5.41) is 3.26. The molecule has 5 heteroatoms. The van der Waals surface area contributed by atoms with Crippen LogP contribution in [0.5, 0.6) is 0 Å². The fourth-order valence-electron chi connectivity index (χ4n) is 2.12. The van der Waals surface area contributed by atoms with E-state index in [0.717, 1.165) is 10.9 Å². The summed E-state index contributed by atoms with van der Waals surface area (Å²) >= 11 is 3.57. The van der Waals surface area contributed by atoms with Crippen LogP contribution in [0.1, 0.15) is 23.6 Å². The summed E-state index contributed by atoms with van der Waals surface area (Å²) in [6.07, 6.45) is 5.77. The highest BCUT2D eigenvalue weighted by atomic mass is 79.9. The Labute approximate surface area is 145 Å². The van der Waals surface area contributed by atoms with Gasteiger partial charge in [0.2, 0.25) is 6.41 Å². The lowest BCUT2D eigenvalue weighted by atomic mass is 10.0. The van der Waals surface area contributed by atoms with E-state index in [9.17, 15) is 0 Å². The summed E-state index contributed by atoms with van der Waals surface area (Å²) in [6, 6.07) is 14.6. The maximum Gasteiger partial charge on any atom is 0.221 e. The fourth-order valence-corrected chi connectivity index (χ4v) is 2.54. The van der Waals surface area contributed by atoms with E-state index in [2.05, 4.69) is 82.6 Å². The predicted octanol–water partition coefficient (Wildman–Crippen LogP) is 3.83. The second kappa shape index (κ2) is 10.6. The van der Waals surface area contributed by atoms with Crippen LogP contribution in [0.15, 0.2) is 46.9 Å². The van der Waals surface area contributed by atoms with Crippen LogP contribution >= 0.6 is 15.9 Å². The molecular weight excluding hydrogens is 354 g/mol. The fraction of sp³-hybridized carbons (Fsp3) is 0.167. The van der Waals surface area contributed by atoms with Crippen LogP contribution in [0, 0.1) is 0 Å². The van der Waals surface area contributed by atoms with Gasteiger partial charge in [-0.25, -0.2) is 5.84 Å². The lowest BCUT2D eigenvalue weighted by molar-refractivity contribution is -0.109. The van der Waals surface area contributed by atoms with Crippen molar-refractivity contribution in [1.29, 1.82) is 0 Å². The lowest BCUT2D eigenvalue weighted by Crippen LogP contribution is -2.18. The number of hydrogen-bond acceptors (Lipinski definition) is 3. The van der Waals surface area contributed by atoms with Crippen LogP contribution in [-0.2, 0) is 11.2 Å². The van der Waals surface area contributed by atoms with E-state index < -0.39 is 0 Å². The van der Waals surface area contributed by atoms with E-state index in [-0.39, 0.29) is 0 Å². The van der Waals surface area contributed by atoms with Gasteiger partial charge in [0, 0.05) is 22.8 Å². The Morgan fingerprint density at radius 1 is 1.13 bits per heavy atom. The van der Waals surface area contributed by atoms with Crippen molar-refractivity contribution in [2.45, 2.75) is 13.3 Å². The van der Waals surface area contributed by atoms with Gasteiger partial charge in [-0.05, 0) is 29.7 Å². The van der Waals surface area contributed by atoms with Gasteiger partial charge in [0.1, 0.15) is 0 Å². The summed E-state index contributed by atoms with van der Waals surface area (Å²) in [5.74, 6) is 4.41. The normalized spacial score (nSPS) is 9.91. The van der Waals surface area contributed by atoms with Crippen molar-refractivity contribution in [1.82, 2.24) is 5.43 Å². The third kappa shape index (κ3) is 5.88. The molecule has 0 spiro atoms. The molecule has 0 heterocycles. The Hall–Kier alpha value is -2.11. The van der Waals surface area contributed by atoms with E-state index in [1.165, 1.54) is 22.4 Å². The number of anilines is 1. The van der Waals surface area contributed by atoms with Gasteiger partial charge in [-0.2, -0.15) is 0 Å². The van der Waals surface area contributed by atoms with Gasteiger partial charge >= 0.3 is 0 Å². The molecule has 0 atom stereocenters. The summed E-state index contributed by atoms with van der Waals surface area (Å²) < 4.78 is 1.12. The highest BCUT2D eigenvalue weighted by Crippen LogP contribution is 2.24. The molecule has 0 saturated heterocycles. The molecule has 2 aromatic rings. The molecule has 0 fully saturated rings. The van der Waals surface area contributed by atoms with Crippen molar-refractivity contribution in [2.75, 3.05) is 12.4 Å². The number of rotatable bonds is 5. The molecule has 1 amide bonds. The van der Waals surface area contributed by atoms with Gasteiger partial charge < -0.3 is 5.32 Å². The molecule has 2 rings (SSSR count). The van der Waals surface area contributed by atoms with Gasteiger partial charge in [-0.15, -0.1) is 0 Å². The number of hydrogen-bond donors (Lipinski definition) is 3. The first-order chi connectivity index (χ1) is 11.2. The van der Waals surface area contributed by atoms with Crippen molar-refractivity contribution >= 4 is 40.2 Å². The zero-order valence-electron chi connectivity index (χ0n) is 13.3. The minimum Gasteiger partial charge on any atom is -0.388 e. The van der Waals surface area contributed by atoms with Crippen LogP contribution in [-0.4, -0.2) is 13.5 Å². The molecule has 0 aromatic heterocycles. The molecule has 0 radical (unpaired) electrons. The standard InChI is InChI=1S/C17H18BrN.CH4N2O/c1-3-13-8-6-10-17(19-2)15(13)12-11-14-7-4-5-9-16(14)18;2-3-1-4/h4-12,19H,3H2,1-2H3;1H,2H2,(H,3,4)/b12-11+;. The van der Waals surface area contributed by atoms with E-state index in [1.807, 2.05) is 13.1 Å². The number of halogens is 1. The molecule has 0 unspecified atom stereocenters. The number of amides is 1. The molecule has 0 bridgehead atoms. The van der Waals surface area contributed by atoms with E-state index in [0.29, 0.717) is 6.41 Å². The summed E-state index contributed by atoms with van der Waals surface area (Å²) in [4.78, 5) is 8.94. The average molecular weight is 376 g/mol. The van der Waals surface area contributed by atoms with Crippen molar-refractivity contribution < 1.29 is 4.79 Å². The smallest absolute Gasteiger partial charge is 0.221 e. The Morgan fingerprint density at radius 3 is 2.39 bits per heavy atom. The molecule has 4 nitrogen and oxygen atoms in total. The highest BCUT2D eigenvalue weighted by Gasteiger charge is 2.03. The number of nitrogens with two attached hydrogens (primary N) is 1.